The summed E-state index contributed by atoms with van der Waals surface area (Å²) >= 11 is 0. The quantitative estimate of drug-likeness (QED) is 0.679. The molecule has 0 amide bonds. The fourth-order valence-electron chi connectivity index (χ4n) is 1.70. The van der Waals surface area contributed by atoms with Crippen LogP contribution in [0.1, 0.15) is 13.8 Å². The topological polar surface area (TPSA) is 30.5 Å². The molecule has 0 aromatic heterocycles. The largest absolute Gasteiger partial charge is 0.379 e. The zero-order valence-corrected chi connectivity index (χ0v) is 8.17. The molecule has 0 aromatic carbocycles. The highest BCUT2D eigenvalue weighted by atomic mass is 16.5. The van der Waals surface area contributed by atoms with E-state index in [0.717, 1.165) is 19.8 Å². The van der Waals surface area contributed by atoms with Crippen LogP contribution in [0.25, 0.3) is 0 Å². The molecule has 2 unspecified atom stereocenters. The number of rotatable bonds is 3. The van der Waals surface area contributed by atoms with Gasteiger partial charge in [-0.2, -0.15) is 0 Å². The Balaban J connectivity index is 2.40. The Hall–Kier alpha value is -0.120. The molecule has 3 nitrogen and oxygen atoms in total. The van der Waals surface area contributed by atoms with Crippen LogP contribution < -0.4 is 5.32 Å². The first-order valence-electron chi connectivity index (χ1n) is 4.59. The minimum Gasteiger partial charge on any atom is -0.379 e. The van der Waals surface area contributed by atoms with Crippen molar-refractivity contribution in [2.45, 2.75) is 26.0 Å². The fourth-order valence-corrected chi connectivity index (χ4v) is 1.70. The molecule has 1 saturated heterocycles. The van der Waals surface area contributed by atoms with E-state index in [4.69, 9.17) is 9.47 Å². The number of nitrogens with one attached hydrogen (secondary N) is 1. The molecule has 0 bridgehead atoms. The molecule has 0 saturated carbocycles. The standard InChI is InChI=1S/C9H19NO2/c1-7(2)9(11-3)8-6-12-5-4-10-8/h7-10H,4-6H2,1-3H3. The highest BCUT2D eigenvalue weighted by molar-refractivity contribution is 4.81. The van der Waals surface area contributed by atoms with E-state index in [0.29, 0.717) is 12.0 Å². The van der Waals surface area contributed by atoms with Crippen LogP contribution in [0.5, 0.6) is 0 Å². The lowest BCUT2D eigenvalue weighted by Gasteiger charge is -2.32. The first-order valence-corrected chi connectivity index (χ1v) is 4.59. The molecule has 1 rings (SSSR count). The Morgan fingerprint density at radius 1 is 1.50 bits per heavy atom. The summed E-state index contributed by atoms with van der Waals surface area (Å²) < 4.78 is 10.8. The first kappa shape index (κ1) is 9.96. The van der Waals surface area contributed by atoms with Gasteiger partial charge in [-0.05, 0) is 5.92 Å². The average Bonchev–Trinajstić information content (AvgIpc) is 2.07. The summed E-state index contributed by atoms with van der Waals surface area (Å²) in [5.74, 6) is 0.536. The van der Waals surface area contributed by atoms with Crippen molar-refractivity contribution in [3.63, 3.8) is 0 Å². The second kappa shape index (κ2) is 4.80. The molecule has 1 aliphatic heterocycles. The first-order chi connectivity index (χ1) is 5.75. The smallest absolute Gasteiger partial charge is 0.0769 e. The number of ether oxygens (including phenoxy) is 2. The second-order valence-electron chi connectivity index (χ2n) is 3.58. The van der Waals surface area contributed by atoms with E-state index < -0.39 is 0 Å². The maximum absolute atomic E-state index is 5.41. The van der Waals surface area contributed by atoms with Gasteiger partial charge in [-0.25, -0.2) is 0 Å². The summed E-state index contributed by atoms with van der Waals surface area (Å²) in [6, 6.07) is 0.365. The van der Waals surface area contributed by atoms with Crippen LogP contribution in [-0.2, 0) is 9.47 Å². The van der Waals surface area contributed by atoms with Gasteiger partial charge in [0.25, 0.3) is 0 Å². The monoisotopic (exact) mass is 173 g/mol. The minimum absolute atomic E-state index is 0.269. The molecule has 1 N–H and O–H groups in total. The van der Waals surface area contributed by atoms with Crippen LogP contribution in [0, 0.1) is 5.92 Å². The van der Waals surface area contributed by atoms with Crippen LogP contribution in [0.2, 0.25) is 0 Å². The van der Waals surface area contributed by atoms with Crippen LogP contribution in [0.4, 0.5) is 0 Å². The number of methoxy groups -OCH3 is 1. The molecular weight excluding hydrogens is 154 g/mol. The van der Waals surface area contributed by atoms with Gasteiger partial charge in [0.1, 0.15) is 0 Å². The average molecular weight is 173 g/mol. The zero-order chi connectivity index (χ0) is 8.97. The Kier molecular flexibility index (Phi) is 3.98. The molecule has 1 aliphatic rings. The van der Waals surface area contributed by atoms with E-state index in [1.165, 1.54) is 0 Å². The molecule has 72 valence electrons. The van der Waals surface area contributed by atoms with Crippen molar-refractivity contribution in [2.24, 2.45) is 5.92 Å². The Labute approximate surface area is 74.4 Å². The van der Waals surface area contributed by atoms with Crippen molar-refractivity contribution in [2.75, 3.05) is 26.9 Å². The van der Waals surface area contributed by atoms with Gasteiger partial charge in [-0.3, -0.25) is 0 Å². The Morgan fingerprint density at radius 3 is 2.67 bits per heavy atom. The van der Waals surface area contributed by atoms with Crippen LogP contribution >= 0.6 is 0 Å². The summed E-state index contributed by atoms with van der Waals surface area (Å²) in [7, 11) is 1.76. The van der Waals surface area contributed by atoms with Crippen molar-refractivity contribution in [3.8, 4) is 0 Å². The summed E-state index contributed by atoms with van der Waals surface area (Å²) in [5.41, 5.74) is 0. The summed E-state index contributed by atoms with van der Waals surface area (Å²) in [5, 5.41) is 3.40. The Bertz CT molecular complexity index is 122. The van der Waals surface area contributed by atoms with Gasteiger partial charge >= 0.3 is 0 Å². The highest BCUT2D eigenvalue weighted by Crippen LogP contribution is 2.12. The zero-order valence-electron chi connectivity index (χ0n) is 8.17. The van der Waals surface area contributed by atoms with Crippen molar-refractivity contribution in [3.05, 3.63) is 0 Å². The van der Waals surface area contributed by atoms with Gasteiger partial charge in [-0.15, -0.1) is 0 Å². The molecule has 0 radical (unpaired) electrons. The lowest BCUT2D eigenvalue weighted by atomic mass is 9.99. The molecule has 1 fully saturated rings. The van der Waals surface area contributed by atoms with Gasteiger partial charge in [-0.1, -0.05) is 13.8 Å². The van der Waals surface area contributed by atoms with Gasteiger partial charge < -0.3 is 14.8 Å². The third-order valence-electron chi connectivity index (χ3n) is 2.28. The van der Waals surface area contributed by atoms with Gasteiger partial charge in [0.05, 0.1) is 25.4 Å². The fraction of sp³-hybridized carbons (Fsp3) is 1.00. The molecule has 0 aromatic rings. The normalized spacial score (nSPS) is 27.5. The van der Waals surface area contributed by atoms with Crippen LogP contribution in [0.3, 0.4) is 0 Å². The summed E-state index contributed by atoms with van der Waals surface area (Å²) in [6.45, 7) is 6.88. The highest BCUT2D eigenvalue weighted by Gasteiger charge is 2.25. The molecule has 0 spiro atoms. The van der Waals surface area contributed by atoms with Crippen molar-refractivity contribution in [1.82, 2.24) is 5.32 Å². The van der Waals surface area contributed by atoms with Crippen molar-refractivity contribution < 1.29 is 9.47 Å². The van der Waals surface area contributed by atoms with E-state index in [1.807, 2.05) is 0 Å². The predicted octanol–water partition coefficient (Wildman–Crippen LogP) is 0.646. The van der Waals surface area contributed by atoms with Crippen LogP contribution in [-0.4, -0.2) is 39.0 Å². The van der Waals surface area contributed by atoms with E-state index in [9.17, 15) is 0 Å². The SMILES string of the molecule is COC(C(C)C)C1COCCN1. The maximum Gasteiger partial charge on any atom is 0.0769 e. The number of hydrogen-bond acceptors (Lipinski definition) is 3. The Morgan fingerprint density at radius 2 is 2.25 bits per heavy atom. The predicted molar refractivity (Wildman–Crippen MR) is 48.2 cm³/mol. The van der Waals surface area contributed by atoms with E-state index in [2.05, 4.69) is 19.2 Å². The minimum atomic E-state index is 0.269. The summed E-state index contributed by atoms with van der Waals surface area (Å²) in [6.07, 6.45) is 0.269. The maximum atomic E-state index is 5.41. The summed E-state index contributed by atoms with van der Waals surface area (Å²) in [4.78, 5) is 0. The molecule has 2 atom stereocenters. The lowest BCUT2D eigenvalue weighted by Crippen LogP contribution is -2.51. The van der Waals surface area contributed by atoms with E-state index >= 15 is 0 Å². The van der Waals surface area contributed by atoms with Crippen molar-refractivity contribution in [1.29, 1.82) is 0 Å². The molecule has 12 heavy (non-hydrogen) atoms. The third-order valence-corrected chi connectivity index (χ3v) is 2.28. The van der Waals surface area contributed by atoms with Crippen molar-refractivity contribution >= 4 is 0 Å². The molecule has 1 heterocycles. The molecule has 0 aliphatic carbocycles. The van der Waals surface area contributed by atoms with Gasteiger partial charge in [0, 0.05) is 13.7 Å². The van der Waals surface area contributed by atoms with E-state index in [1.54, 1.807) is 7.11 Å². The third kappa shape index (κ3) is 2.44. The number of hydrogen-bond donors (Lipinski definition) is 1. The molecule has 3 heteroatoms. The number of morpholine rings is 1. The van der Waals surface area contributed by atoms with E-state index in [-0.39, 0.29) is 6.10 Å². The van der Waals surface area contributed by atoms with Gasteiger partial charge in [0.2, 0.25) is 0 Å². The van der Waals surface area contributed by atoms with Gasteiger partial charge in [0.15, 0.2) is 0 Å². The second-order valence-corrected chi connectivity index (χ2v) is 3.58. The van der Waals surface area contributed by atoms with Crippen LogP contribution in [0.15, 0.2) is 0 Å². The molecular formula is C9H19NO2. The lowest BCUT2D eigenvalue weighted by molar-refractivity contribution is -0.0226.